The summed E-state index contributed by atoms with van der Waals surface area (Å²) in [5.74, 6) is 0. The molecule has 19 heavy (non-hydrogen) atoms. The first-order chi connectivity index (χ1) is 9.10. The molecule has 0 aliphatic rings. The summed E-state index contributed by atoms with van der Waals surface area (Å²) in [6, 6.07) is 12.1. The van der Waals surface area contributed by atoms with Crippen molar-refractivity contribution in [1.82, 2.24) is 0 Å². The van der Waals surface area contributed by atoms with Gasteiger partial charge >= 0.3 is 0 Å². The normalized spacial score (nSPS) is 10.4. The molecule has 2 N–H and O–H groups in total. The van der Waals surface area contributed by atoms with Gasteiger partial charge in [0.2, 0.25) is 0 Å². The van der Waals surface area contributed by atoms with Crippen molar-refractivity contribution in [3.63, 3.8) is 0 Å². The lowest BCUT2D eigenvalue weighted by atomic mass is 10.2. The van der Waals surface area contributed by atoms with Crippen LogP contribution in [0.25, 0.3) is 0 Å². The molecule has 2 aromatic carbocycles. The van der Waals surface area contributed by atoms with Gasteiger partial charge in [-0.1, -0.05) is 23.4 Å². The average molecular weight is 295 g/mol. The third-order valence-corrected chi connectivity index (χ3v) is 3.89. The van der Waals surface area contributed by atoms with E-state index in [0.29, 0.717) is 5.02 Å². The van der Waals surface area contributed by atoms with Crippen LogP contribution < -0.4 is 5.73 Å². The Balaban J connectivity index is 2.29. The van der Waals surface area contributed by atoms with Crippen LogP contribution in [0.2, 0.25) is 5.02 Å². The number of rotatable bonds is 4. The third kappa shape index (κ3) is 3.47. The van der Waals surface area contributed by atoms with Crippen molar-refractivity contribution in [3.8, 4) is 0 Å². The molecule has 0 atom stereocenters. The molecule has 0 aliphatic carbocycles. The number of nitrogens with zero attached hydrogens (tertiary/aromatic N) is 1. The second-order valence-corrected chi connectivity index (χ2v) is 5.36. The first-order valence-corrected chi connectivity index (χ1v) is 6.70. The Bertz CT molecular complexity index is 602. The Kier molecular flexibility index (Phi) is 4.42. The standard InChI is InChI=1S/C13H11ClN2O2S/c14-10-1-4-12(5-2-10)19-13-6-3-11(16(17)18)7-9(13)8-15/h1-7H,8,15H2. The summed E-state index contributed by atoms with van der Waals surface area (Å²) < 4.78 is 0. The highest BCUT2D eigenvalue weighted by Gasteiger charge is 2.10. The van der Waals surface area contributed by atoms with Crippen LogP contribution in [-0.4, -0.2) is 4.92 Å². The van der Waals surface area contributed by atoms with Crippen molar-refractivity contribution < 1.29 is 4.92 Å². The van der Waals surface area contributed by atoms with Gasteiger partial charge in [-0.15, -0.1) is 0 Å². The fourth-order valence-corrected chi connectivity index (χ4v) is 2.63. The van der Waals surface area contributed by atoms with Crippen molar-refractivity contribution in [3.05, 3.63) is 63.2 Å². The van der Waals surface area contributed by atoms with E-state index >= 15 is 0 Å². The van der Waals surface area contributed by atoms with Crippen molar-refractivity contribution in [2.45, 2.75) is 16.3 Å². The molecule has 0 fully saturated rings. The molecule has 2 rings (SSSR count). The molecule has 0 aliphatic heterocycles. The van der Waals surface area contributed by atoms with Gasteiger partial charge in [0.1, 0.15) is 0 Å². The average Bonchev–Trinajstić information content (AvgIpc) is 2.41. The highest BCUT2D eigenvalue weighted by molar-refractivity contribution is 7.99. The smallest absolute Gasteiger partial charge is 0.269 e. The fraction of sp³-hybridized carbons (Fsp3) is 0.0769. The van der Waals surface area contributed by atoms with E-state index in [0.717, 1.165) is 15.4 Å². The molecule has 4 nitrogen and oxygen atoms in total. The van der Waals surface area contributed by atoms with Crippen LogP contribution >= 0.6 is 23.4 Å². The molecule has 6 heteroatoms. The number of non-ortho nitro benzene ring substituents is 1. The maximum absolute atomic E-state index is 10.7. The zero-order valence-corrected chi connectivity index (χ0v) is 11.4. The maximum Gasteiger partial charge on any atom is 0.269 e. The van der Waals surface area contributed by atoms with Crippen LogP contribution in [0.15, 0.2) is 52.3 Å². The van der Waals surface area contributed by atoms with E-state index in [1.165, 1.54) is 23.9 Å². The zero-order chi connectivity index (χ0) is 13.8. The Morgan fingerprint density at radius 2 is 1.89 bits per heavy atom. The van der Waals surface area contributed by atoms with Crippen LogP contribution in [0, 0.1) is 10.1 Å². The summed E-state index contributed by atoms with van der Waals surface area (Å²) in [5.41, 5.74) is 6.46. The third-order valence-electron chi connectivity index (χ3n) is 2.52. The Labute approximate surface area is 119 Å². The number of hydrogen-bond acceptors (Lipinski definition) is 4. The van der Waals surface area contributed by atoms with E-state index in [9.17, 15) is 10.1 Å². The molecule has 0 radical (unpaired) electrons. The second kappa shape index (κ2) is 6.06. The molecule has 0 spiro atoms. The monoisotopic (exact) mass is 294 g/mol. The molecular weight excluding hydrogens is 284 g/mol. The topological polar surface area (TPSA) is 69.2 Å². The highest BCUT2D eigenvalue weighted by atomic mass is 35.5. The molecule has 0 saturated carbocycles. The van der Waals surface area contributed by atoms with Crippen LogP contribution in [0.3, 0.4) is 0 Å². The summed E-state index contributed by atoms with van der Waals surface area (Å²) in [6.45, 7) is 0.262. The minimum absolute atomic E-state index is 0.0564. The second-order valence-electron chi connectivity index (χ2n) is 3.81. The van der Waals surface area contributed by atoms with Crippen molar-refractivity contribution in [2.24, 2.45) is 5.73 Å². The van der Waals surface area contributed by atoms with Crippen LogP contribution in [0.4, 0.5) is 5.69 Å². The Morgan fingerprint density at radius 3 is 2.47 bits per heavy atom. The summed E-state index contributed by atoms with van der Waals surface area (Å²) >= 11 is 7.33. The van der Waals surface area contributed by atoms with Crippen molar-refractivity contribution >= 4 is 29.1 Å². The molecular formula is C13H11ClN2O2S. The van der Waals surface area contributed by atoms with Gasteiger partial charge in [-0.2, -0.15) is 0 Å². The quantitative estimate of drug-likeness (QED) is 0.687. The molecule has 0 aromatic heterocycles. The lowest BCUT2D eigenvalue weighted by molar-refractivity contribution is -0.385. The van der Waals surface area contributed by atoms with Crippen molar-refractivity contribution in [1.29, 1.82) is 0 Å². The number of nitro benzene ring substituents is 1. The Hall–Kier alpha value is -1.56. The van der Waals surface area contributed by atoms with E-state index in [2.05, 4.69) is 0 Å². The minimum Gasteiger partial charge on any atom is -0.326 e. The first-order valence-electron chi connectivity index (χ1n) is 5.51. The van der Waals surface area contributed by atoms with E-state index < -0.39 is 4.92 Å². The van der Waals surface area contributed by atoms with Crippen LogP contribution in [-0.2, 0) is 6.54 Å². The number of hydrogen-bond donors (Lipinski definition) is 1. The lowest BCUT2D eigenvalue weighted by Gasteiger charge is -2.07. The summed E-state index contributed by atoms with van der Waals surface area (Å²) in [5, 5.41) is 11.4. The van der Waals surface area contributed by atoms with Crippen LogP contribution in [0.1, 0.15) is 5.56 Å². The van der Waals surface area contributed by atoms with Gasteiger partial charge in [0, 0.05) is 33.5 Å². The molecule has 0 bridgehead atoms. The number of nitrogens with two attached hydrogens (primary N) is 1. The first kappa shape index (κ1) is 13.9. The molecule has 0 heterocycles. The van der Waals surface area contributed by atoms with E-state index in [1.54, 1.807) is 18.2 Å². The summed E-state index contributed by atoms with van der Waals surface area (Å²) in [7, 11) is 0. The van der Waals surface area contributed by atoms with Crippen molar-refractivity contribution in [2.75, 3.05) is 0 Å². The van der Waals surface area contributed by atoms with Gasteiger partial charge in [-0.05, 0) is 35.9 Å². The number of benzene rings is 2. The van der Waals surface area contributed by atoms with Gasteiger partial charge in [0.25, 0.3) is 5.69 Å². The van der Waals surface area contributed by atoms with E-state index in [-0.39, 0.29) is 12.2 Å². The van der Waals surface area contributed by atoms with Gasteiger partial charge in [0.15, 0.2) is 0 Å². The van der Waals surface area contributed by atoms with Gasteiger partial charge < -0.3 is 5.73 Å². The van der Waals surface area contributed by atoms with Crippen LogP contribution in [0.5, 0.6) is 0 Å². The molecule has 2 aromatic rings. The lowest BCUT2D eigenvalue weighted by Crippen LogP contribution is -2.00. The SMILES string of the molecule is NCc1cc([N+](=O)[O-])ccc1Sc1ccc(Cl)cc1. The summed E-state index contributed by atoms with van der Waals surface area (Å²) in [4.78, 5) is 12.2. The Morgan fingerprint density at radius 1 is 1.21 bits per heavy atom. The molecule has 0 saturated heterocycles. The summed E-state index contributed by atoms with van der Waals surface area (Å²) in [6.07, 6.45) is 0. The minimum atomic E-state index is -0.421. The van der Waals surface area contributed by atoms with E-state index in [1.807, 2.05) is 12.1 Å². The molecule has 0 amide bonds. The largest absolute Gasteiger partial charge is 0.326 e. The number of halogens is 1. The maximum atomic E-state index is 10.7. The van der Waals surface area contributed by atoms with E-state index in [4.69, 9.17) is 17.3 Å². The number of nitro groups is 1. The predicted molar refractivity (Wildman–Crippen MR) is 76.6 cm³/mol. The van der Waals surface area contributed by atoms with Gasteiger partial charge in [-0.3, -0.25) is 10.1 Å². The van der Waals surface area contributed by atoms with Gasteiger partial charge in [0.05, 0.1) is 4.92 Å². The highest BCUT2D eigenvalue weighted by Crippen LogP contribution is 2.32. The molecule has 0 unspecified atom stereocenters. The fourth-order valence-electron chi connectivity index (χ4n) is 1.57. The molecule has 98 valence electrons. The predicted octanol–water partition coefficient (Wildman–Crippen LogP) is 3.86. The zero-order valence-electron chi connectivity index (χ0n) is 9.88. The van der Waals surface area contributed by atoms with Gasteiger partial charge in [-0.25, -0.2) is 0 Å².